The summed E-state index contributed by atoms with van der Waals surface area (Å²) in [5.74, 6) is 0.654. The van der Waals surface area contributed by atoms with Crippen molar-refractivity contribution in [3.8, 4) is 0 Å². The summed E-state index contributed by atoms with van der Waals surface area (Å²) >= 11 is 0. The molecule has 184 valence electrons. The minimum atomic E-state index is -0.470. The van der Waals surface area contributed by atoms with Gasteiger partial charge in [-0.3, -0.25) is 9.59 Å². The minimum Gasteiger partial charge on any atom is -0.444 e. The second-order valence-electron chi connectivity index (χ2n) is 10.9. The first-order valence-corrected chi connectivity index (χ1v) is 11.6. The van der Waals surface area contributed by atoms with Crippen molar-refractivity contribution in [2.45, 2.75) is 117 Å². The molecule has 0 aromatic heterocycles. The van der Waals surface area contributed by atoms with Crippen molar-refractivity contribution in [2.75, 3.05) is 0 Å². The van der Waals surface area contributed by atoms with Gasteiger partial charge >= 0.3 is 12.2 Å². The van der Waals surface area contributed by atoms with Crippen LogP contribution in [0, 0.1) is 11.8 Å². The molecule has 0 saturated heterocycles. The molecule has 8 heteroatoms. The van der Waals surface area contributed by atoms with Crippen molar-refractivity contribution in [2.24, 2.45) is 11.8 Å². The molecular formula is C24H42N2O6. The summed E-state index contributed by atoms with van der Waals surface area (Å²) in [5.41, 5.74) is -0.939. The van der Waals surface area contributed by atoms with Gasteiger partial charge in [-0.2, -0.15) is 0 Å². The number of amides is 2. The molecule has 2 aliphatic rings. The van der Waals surface area contributed by atoms with Crippen LogP contribution in [-0.2, 0) is 19.1 Å². The molecule has 2 saturated carbocycles. The van der Waals surface area contributed by atoms with Crippen molar-refractivity contribution in [1.29, 1.82) is 0 Å². The van der Waals surface area contributed by atoms with Crippen molar-refractivity contribution in [3.63, 3.8) is 0 Å². The van der Waals surface area contributed by atoms with Crippen LogP contribution < -0.4 is 10.6 Å². The highest BCUT2D eigenvalue weighted by molar-refractivity contribution is 5.79. The maximum absolute atomic E-state index is 11.5. The lowest BCUT2D eigenvalue weighted by Gasteiger charge is -2.21. The van der Waals surface area contributed by atoms with Gasteiger partial charge in [-0.1, -0.05) is 0 Å². The Morgan fingerprint density at radius 2 is 0.938 bits per heavy atom. The Kier molecular flexibility index (Phi) is 10.2. The standard InChI is InChI=1S/2C12H21NO3/c2*1-8(14)9-5-6-10(7-9)13-11(15)16-12(2,3)4/h2*9-10H,5-7H2,1-4H3,(H,13,15). The van der Waals surface area contributed by atoms with E-state index in [9.17, 15) is 19.2 Å². The average molecular weight is 455 g/mol. The predicted octanol–water partition coefficient (Wildman–Crippen LogP) is 4.54. The molecule has 0 aliphatic heterocycles. The summed E-state index contributed by atoms with van der Waals surface area (Å²) in [5, 5.41) is 5.61. The van der Waals surface area contributed by atoms with E-state index in [1.54, 1.807) is 13.8 Å². The quantitative estimate of drug-likeness (QED) is 0.645. The van der Waals surface area contributed by atoms with Crippen LogP contribution in [0.3, 0.4) is 0 Å². The summed E-state index contributed by atoms with van der Waals surface area (Å²) in [4.78, 5) is 45.3. The molecule has 8 nitrogen and oxygen atoms in total. The van der Waals surface area contributed by atoms with Gasteiger partial charge in [-0.05, 0) is 93.9 Å². The maximum atomic E-state index is 11.5. The van der Waals surface area contributed by atoms with Gasteiger partial charge in [0.25, 0.3) is 0 Å². The number of carbonyl (C=O) groups is 4. The van der Waals surface area contributed by atoms with Crippen molar-refractivity contribution in [1.82, 2.24) is 10.6 Å². The number of Topliss-reactive ketones (excluding diaryl/α,β-unsaturated/α-hetero) is 2. The Morgan fingerprint density at radius 3 is 1.16 bits per heavy atom. The molecule has 0 aromatic carbocycles. The van der Waals surface area contributed by atoms with E-state index in [2.05, 4.69) is 10.6 Å². The minimum absolute atomic E-state index is 0.0868. The average Bonchev–Trinajstić information content (AvgIpc) is 3.21. The molecule has 0 radical (unpaired) electrons. The zero-order chi connectivity index (χ0) is 24.7. The van der Waals surface area contributed by atoms with Crippen molar-refractivity contribution in [3.05, 3.63) is 0 Å². The summed E-state index contributed by atoms with van der Waals surface area (Å²) in [6.45, 7) is 14.2. The first-order valence-electron chi connectivity index (χ1n) is 11.6. The van der Waals surface area contributed by atoms with Crippen LogP contribution in [0.1, 0.15) is 93.9 Å². The molecule has 2 amide bonds. The number of alkyl carbamates (subject to hydrolysis) is 2. The lowest BCUT2D eigenvalue weighted by atomic mass is 10.0. The monoisotopic (exact) mass is 454 g/mol. The molecule has 0 bridgehead atoms. The third-order valence-corrected chi connectivity index (χ3v) is 5.46. The van der Waals surface area contributed by atoms with Gasteiger partial charge < -0.3 is 20.1 Å². The molecule has 0 heterocycles. The number of ether oxygens (including phenoxy) is 2. The second kappa shape index (κ2) is 11.7. The molecule has 2 N–H and O–H groups in total. The van der Waals surface area contributed by atoms with Crippen LogP contribution in [0.15, 0.2) is 0 Å². The number of hydrogen-bond acceptors (Lipinski definition) is 6. The normalized spacial score (nSPS) is 25.2. The van der Waals surface area contributed by atoms with Gasteiger partial charge in [0.15, 0.2) is 0 Å². The smallest absolute Gasteiger partial charge is 0.407 e. The highest BCUT2D eigenvalue weighted by atomic mass is 16.6. The maximum Gasteiger partial charge on any atom is 0.407 e. The molecule has 2 aliphatic carbocycles. The molecule has 4 unspecified atom stereocenters. The molecule has 0 spiro atoms. The molecule has 2 fully saturated rings. The van der Waals surface area contributed by atoms with Gasteiger partial charge in [0.1, 0.15) is 22.8 Å². The van der Waals surface area contributed by atoms with E-state index in [0.717, 1.165) is 38.5 Å². The fourth-order valence-corrected chi connectivity index (χ4v) is 3.91. The summed E-state index contributed by atoms with van der Waals surface area (Å²) in [6, 6.07) is 0.174. The molecule has 0 aromatic rings. The fourth-order valence-electron chi connectivity index (χ4n) is 3.91. The van der Waals surface area contributed by atoms with Crippen LogP contribution >= 0.6 is 0 Å². The first-order chi connectivity index (χ1) is 14.6. The Bertz CT molecular complexity index is 619. The molecule has 4 atom stereocenters. The van der Waals surface area contributed by atoms with Gasteiger partial charge in [0.05, 0.1) is 0 Å². The number of rotatable bonds is 4. The van der Waals surface area contributed by atoms with Gasteiger partial charge in [0, 0.05) is 23.9 Å². The van der Waals surface area contributed by atoms with Crippen LogP contribution in [-0.4, -0.2) is 47.0 Å². The number of ketones is 2. The number of carbonyl (C=O) groups excluding carboxylic acids is 4. The molecular weight excluding hydrogens is 412 g/mol. The Morgan fingerprint density at radius 1 is 0.625 bits per heavy atom. The van der Waals surface area contributed by atoms with E-state index in [-0.39, 0.29) is 47.7 Å². The van der Waals surface area contributed by atoms with E-state index in [0.29, 0.717) is 0 Å². The second-order valence-corrected chi connectivity index (χ2v) is 10.9. The first kappa shape index (κ1) is 27.9. The van der Waals surface area contributed by atoms with Crippen LogP contribution in [0.4, 0.5) is 9.59 Å². The van der Waals surface area contributed by atoms with Gasteiger partial charge in [-0.25, -0.2) is 9.59 Å². The Labute approximate surface area is 192 Å². The van der Waals surface area contributed by atoms with Crippen molar-refractivity contribution < 1.29 is 28.7 Å². The van der Waals surface area contributed by atoms with Gasteiger partial charge in [-0.15, -0.1) is 0 Å². The number of nitrogens with one attached hydrogen (secondary N) is 2. The molecule has 2 rings (SSSR count). The zero-order valence-electron chi connectivity index (χ0n) is 21.0. The largest absolute Gasteiger partial charge is 0.444 e. The van der Waals surface area contributed by atoms with E-state index >= 15 is 0 Å². The third-order valence-electron chi connectivity index (χ3n) is 5.46. The predicted molar refractivity (Wildman–Crippen MR) is 122 cm³/mol. The zero-order valence-corrected chi connectivity index (χ0v) is 21.0. The third kappa shape index (κ3) is 11.5. The molecule has 32 heavy (non-hydrogen) atoms. The van der Waals surface area contributed by atoms with Gasteiger partial charge in [0.2, 0.25) is 0 Å². The fraction of sp³-hybridized carbons (Fsp3) is 0.833. The number of hydrogen-bond donors (Lipinski definition) is 2. The highest BCUT2D eigenvalue weighted by Gasteiger charge is 2.30. The lowest BCUT2D eigenvalue weighted by molar-refractivity contribution is -0.121. The van der Waals surface area contributed by atoms with Crippen LogP contribution in [0.2, 0.25) is 0 Å². The Hall–Kier alpha value is -2.12. The van der Waals surface area contributed by atoms with E-state index in [4.69, 9.17) is 9.47 Å². The lowest BCUT2D eigenvalue weighted by Crippen LogP contribution is -2.38. The van der Waals surface area contributed by atoms with Crippen LogP contribution in [0.5, 0.6) is 0 Å². The summed E-state index contributed by atoms with van der Waals surface area (Å²) < 4.78 is 10.3. The van der Waals surface area contributed by atoms with Crippen LogP contribution in [0.25, 0.3) is 0 Å². The Balaban J connectivity index is 0.000000320. The summed E-state index contributed by atoms with van der Waals surface area (Å²) in [7, 11) is 0. The van der Waals surface area contributed by atoms with E-state index in [1.165, 1.54) is 0 Å². The summed E-state index contributed by atoms with van der Waals surface area (Å²) in [6.07, 6.45) is 4.19. The van der Waals surface area contributed by atoms with Crippen molar-refractivity contribution >= 4 is 23.8 Å². The highest BCUT2D eigenvalue weighted by Crippen LogP contribution is 2.27. The van der Waals surface area contributed by atoms with E-state index in [1.807, 2.05) is 41.5 Å². The van der Waals surface area contributed by atoms with E-state index < -0.39 is 11.2 Å². The topological polar surface area (TPSA) is 111 Å². The SMILES string of the molecule is CC(=O)C1CCC(NC(=O)OC(C)(C)C)C1.CC(=O)C1CCC(NC(=O)OC(C)(C)C)C1.